The second-order valence-corrected chi connectivity index (χ2v) is 6.34. The van der Waals surface area contributed by atoms with Crippen LogP contribution in [0.5, 0.6) is 5.75 Å². The van der Waals surface area contributed by atoms with Crippen LogP contribution in [0.2, 0.25) is 0 Å². The molecule has 0 saturated carbocycles. The average molecular weight is 342 g/mol. The Balaban J connectivity index is 1.84. The summed E-state index contributed by atoms with van der Waals surface area (Å²) in [6.45, 7) is 3.36. The summed E-state index contributed by atoms with van der Waals surface area (Å²) in [4.78, 5) is 26.6. The third-order valence-electron chi connectivity index (χ3n) is 4.25. The predicted molar refractivity (Wildman–Crippen MR) is 91.7 cm³/mol. The SMILES string of the molecule is Cc1ccc2c(c1)NC(=O)C(C)(C(=O)N(C)Cc1ccccc1F)O2. The average Bonchev–Trinajstić information content (AvgIpc) is 2.57. The first-order valence-electron chi connectivity index (χ1n) is 7.91. The van der Waals surface area contributed by atoms with E-state index in [0.717, 1.165) is 5.56 Å². The summed E-state index contributed by atoms with van der Waals surface area (Å²) in [6, 6.07) is 11.5. The molecule has 1 unspecified atom stereocenters. The normalized spacial score (nSPS) is 18.8. The maximum Gasteiger partial charge on any atom is 0.278 e. The molecule has 0 radical (unpaired) electrons. The van der Waals surface area contributed by atoms with Gasteiger partial charge in [-0.15, -0.1) is 0 Å². The van der Waals surface area contributed by atoms with Crippen molar-refractivity contribution in [1.82, 2.24) is 4.90 Å². The summed E-state index contributed by atoms with van der Waals surface area (Å²) in [5.74, 6) is -1.06. The van der Waals surface area contributed by atoms with Gasteiger partial charge < -0.3 is 15.0 Å². The van der Waals surface area contributed by atoms with Crippen LogP contribution in [0.25, 0.3) is 0 Å². The molecular weight excluding hydrogens is 323 g/mol. The molecule has 1 atom stereocenters. The van der Waals surface area contributed by atoms with Crippen molar-refractivity contribution < 1.29 is 18.7 Å². The predicted octanol–water partition coefficient (Wildman–Crippen LogP) is 2.88. The molecule has 0 fully saturated rings. The Bertz CT molecular complexity index is 852. The van der Waals surface area contributed by atoms with Crippen LogP contribution in [0.3, 0.4) is 0 Å². The highest BCUT2D eigenvalue weighted by Crippen LogP contribution is 2.35. The summed E-state index contributed by atoms with van der Waals surface area (Å²) >= 11 is 0. The third kappa shape index (κ3) is 3.07. The first kappa shape index (κ1) is 17.0. The summed E-state index contributed by atoms with van der Waals surface area (Å²) in [5.41, 5.74) is 0.165. The lowest BCUT2D eigenvalue weighted by Gasteiger charge is -2.36. The number of anilines is 1. The molecule has 2 aromatic carbocycles. The van der Waals surface area contributed by atoms with Gasteiger partial charge >= 0.3 is 0 Å². The van der Waals surface area contributed by atoms with E-state index in [1.165, 1.54) is 24.9 Å². The van der Waals surface area contributed by atoms with E-state index < -0.39 is 23.2 Å². The van der Waals surface area contributed by atoms with Gasteiger partial charge in [-0.25, -0.2) is 4.39 Å². The van der Waals surface area contributed by atoms with E-state index in [0.29, 0.717) is 17.0 Å². The Hall–Kier alpha value is -2.89. The molecular formula is C19H19FN2O3. The van der Waals surface area contributed by atoms with E-state index in [2.05, 4.69) is 5.32 Å². The Labute approximate surface area is 145 Å². The number of benzene rings is 2. The number of carbonyl (C=O) groups excluding carboxylic acids is 2. The summed E-state index contributed by atoms with van der Waals surface area (Å²) < 4.78 is 19.6. The van der Waals surface area contributed by atoms with Gasteiger partial charge in [0.25, 0.3) is 17.4 Å². The monoisotopic (exact) mass is 342 g/mol. The fourth-order valence-corrected chi connectivity index (χ4v) is 2.80. The third-order valence-corrected chi connectivity index (χ3v) is 4.25. The molecule has 0 spiro atoms. The molecule has 1 aliphatic heterocycles. The number of hydrogen-bond acceptors (Lipinski definition) is 3. The second kappa shape index (κ2) is 6.20. The first-order valence-corrected chi connectivity index (χ1v) is 7.91. The Morgan fingerprint density at radius 3 is 2.72 bits per heavy atom. The standard InChI is InChI=1S/C19H19FN2O3/c1-12-8-9-16-15(10-12)21-17(23)19(2,25-16)18(24)22(3)11-13-6-4-5-7-14(13)20/h4-10H,11H2,1-3H3,(H,21,23). The zero-order valence-electron chi connectivity index (χ0n) is 14.3. The van der Waals surface area contributed by atoms with Crippen molar-refractivity contribution in [2.24, 2.45) is 0 Å². The summed E-state index contributed by atoms with van der Waals surface area (Å²) in [7, 11) is 1.52. The number of nitrogens with zero attached hydrogens (tertiary/aromatic N) is 1. The molecule has 1 N–H and O–H groups in total. The minimum Gasteiger partial charge on any atom is -0.466 e. The van der Waals surface area contributed by atoms with Gasteiger partial charge in [0, 0.05) is 19.2 Å². The van der Waals surface area contributed by atoms with Gasteiger partial charge in [0.05, 0.1) is 5.69 Å². The number of fused-ring (bicyclic) bond motifs is 1. The molecule has 1 heterocycles. The van der Waals surface area contributed by atoms with Gasteiger partial charge in [0.2, 0.25) is 0 Å². The van der Waals surface area contributed by atoms with Gasteiger partial charge in [0.1, 0.15) is 11.6 Å². The lowest BCUT2D eigenvalue weighted by atomic mass is 10.00. The van der Waals surface area contributed by atoms with Gasteiger partial charge in [-0.3, -0.25) is 9.59 Å². The maximum absolute atomic E-state index is 13.8. The van der Waals surface area contributed by atoms with E-state index in [1.54, 1.807) is 30.3 Å². The molecule has 3 rings (SSSR count). The smallest absolute Gasteiger partial charge is 0.278 e. The molecule has 130 valence electrons. The van der Waals surface area contributed by atoms with E-state index in [1.807, 2.05) is 13.0 Å². The summed E-state index contributed by atoms with van der Waals surface area (Å²) in [5, 5.41) is 2.72. The molecule has 0 aromatic heterocycles. The summed E-state index contributed by atoms with van der Waals surface area (Å²) in [6.07, 6.45) is 0. The highest BCUT2D eigenvalue weighted by Gasteiger charge is 2.48. The molecule has 0 saturated heterocycles. The highest BCUT2D eigenvalue weighted by molar-refractivity contribution is 6.15. The largest absolute Gasteiger partial charge is 0.466 e. The van der Waals surface area contributed by atoms with E-state index in [4.69, 9.17) is 4.74 Å². The minimum absolute atomic E-state index is 0.0402. The number of amides is 2. The van der Waals surface area contributed by atoms with Crippen molar-refractivity contribution in [3.05, 3.63) is 59.4 Å². The Morgan fingerprint density at radius 1 is 1.28 bits per heavy atom. The molecule has 0 aliphatic carbocycles. The molecule has 6 heteroatoms. The van der Waals surface area contributed by atoms with Crippen molar-refractivity contribution in [3.8, 4) is 5.75 Å². The molecule has 5 nitrogen and oxygen atoms in total. The van der Waals surface area contributed by atoms with Gasteiger partial charge in [-0.2, -0.15) is 0 Å². The van der Waals surface area contributed by atoms with Crippen LogP contribution < -0.4 is 10.1 Å². The van der Waals surface area contributed by atoms with Gasteiger partial charge in [-0.1, -0.05) is 24.3 Å². The number of carbonyl (C=O) groups is 2. The van der Waals surface area contributed by atoms with Crippen molar-refractivity contribution in [2.45, 2.75) is 26.0 Å². The van der Waals surface area contributed by atoms with Crippen LogP contribution >= 0.6 is 0 Å². The zero-order valence-corrected chi connectivity index (χ0v) is 14.3. The van der Waals surface area contributed by atoms with Crippen molar-refractivity contribution in [1.29, 1.82) is 0 Å². The zero-order chi connectivity index (χ0) is 18.2. The van der Waals surface area contributed by atoms with E-state index in [9.17, 15) is 14.0 Å². The van der Waals surface area contributed by atoms with Crippen LogP contribution in [0, 0.1) is 12.7 Å². The lowest BCUT2D eigenvalue weighted by Crippen LogP contribution is -2.58. The first-order chi connectivity index (χ1) is 11.8. The fraction of sp³-hybridized carbons (Fsp3) is 0.263. The van der Waals surface area contributed by atoms with E-state index in [-0.39, 0.29) is 6.54 Å². The highest BCUT2D eigenvalue weighted by atomic mass is 19.1. The number of rotatable bonds is 3. The fourth-order valence-electron chi connectivity index (χ4n) is 2.80. The van der Waals surface area contributed by atoms with Crippen molar-refractivity contribution in [2.75, 3.05) is 12.4 Å². The van der Waals surface area contributed by atoms with Crippen molar-refractivity contribution in [3.63, 3.8) is 0 Å². The van der Waals surface area contributed by atoms with Gasteiger partial charge in [0.15, 0.2) is 0 Å². The Morgan fingerprint density at radius 2 is 2.00 bits per heavy atom. The van der Waals surface area contributed by atoms with Crippen LogP contribution in [-0.2, 0) is 16.1 Å². The topological polar surface area (TPSA) is 58.6 Å². The number of ether oxygens (including phenoxy) is 1. The van der Waals surface area contributed by atoms with Gasteiger partial charge in [-0.05, 0) is 37.6 Å². The van der Waals surface area contributed by atoms with Crippen LogP contribution in [0.15, 0.2) is 42.5 Å². The van der Waals surface area contributed by atoms with E-state index >= 15 is 0 Å². The lowest BCUT2D eigenvalue weighted by molar-refractivity contribution is -0.154. The Kier molecular flexibility index (Phi) is 4.20. The second-order valence-electron chi connectivity index (χ2n) is 6.34. The van der Waals surface area contributed by atoms with Crippen molar-refractivity contribution >= 4 is 17.5 Å². The molecule has 2 aromatic rings. The number of nitrogens with one attached hydrogen (secondary N) is 1. The molecule has 1 aliphatic rings. The van der Waals surface area contributed by atoms with Crippen LogP contribution in [0.1, 0.15) is 18.1 Å². The number of halogens is 1. The molecule has 0 bridgehead atoms. The van der Waals surface area contributed by atoms with Crippen LogP contribution in [0.4, 0.5) is 10.1 Å². The number of likely N-dealkylation sites (N-methyl/N-ethyl adjacent to an activating group) is 1. The molecule has 25 heavy (non-hydrogen) atoms. The minimum atomic E-state index is -1.71. The van der Waals surface area contributed by atoms with Crippen LogP contribution in [-0.4, -0.2) is 29.4 Å². The quantitative estimate of drug-likeness (QED) is 0.873. The number of aryl methyl sites for hydroxylation is 1. The number of hydrogen-bond donors (Lipinski definition) is 1. The molecule has 2 amide bonds. The maximum atomic E-state index is 13.8.